The molecule has 3 atom stereocenters. The van der Waals surface area contributed by atoms with Crippen molar-refractivity contribution in [2.45, 2.75) is 63.7 Å². The number of nitrogens with one attached hydrogen (secondary N) is 1. The minimum atomic E-state index is -0.749. The Morgan fingerprint density at radius 1 is 1.24 bits per heavy atom. The highest BCUT2D eigenvalue weighted by Crippen LogP contribution is 2.34. The van der Waals surface area contributed by atoms with Crippen molar-refractivity contribution in [3.63, 3.8) is 0 Å². The van der Waals surface area contributed by atoms with Crippen molar-refractivity contribution < 1.29 is 8.78 Å². The lowest BCUT2D eigenvalue weighted by molar-refractivity contribution is 0.105. The zero-order valence-corrected chi connectivity index (χ0v) is 12.8. The molecule has 2 bridgehead atoms. The van der Waals surface area contributed by atoms with E-state index in [1.165, 1.54) is 18.9 Å². The molecule has 1 aromatic carbocycles. The van der Waals surface area contributed by atoms with Crippen molar-refractivity contribution in [2.24, 2.45) is 0 Å². The van der Waals surface area contributed by atoms with Gasteiger partial charge in [0.1, 0.15) is 0 Å². The zero-order chi connectivity index (χ0) is 15.0. The van der Waals surface area contributed by atoms with Gasteiger partial charge in [-0.1, -0.05) is 19.1 Å². The first-order valence-corrected chi connectivity index (χ1v) is 8.05. The summed E-state index contributed by atoms with van der Waals surface area (Å²) in [6.45, 7) is 4.96. The third-order valence-electron chi connectivity index (χ3n) is 5.21. The highest BCUT2D eigenvalue weighted by molar-refractivity contribution is 5.22. The fourth-order valence-corrected chi connectivity index (χ4v) is 4.17. The maximum absolute atomic E-state index is 14.1. The third kappa shape index (κ3) is 2.84. The van der Waals surface area contributed by atoms with E-state index in [1.54, 1.807) is 12.1 Å². The number of piperidine rings is 1. The number of hydrogen-bond donors (Lipinski definition) is 1. The van der Waals surface area contributed by atoms with Crippen LogP contribution in [0.4, 0.5) is 8.78 Å². The van der Waals surface area contributed by atoms with Gasteiger partial charge in [-0.2, -0.15) is 0 Å². The van der Waals surface area contributed by atoms with Crippen LogP contribution < -0.4 is 5.32 Å². The van der Waals surface area contributed by atoms with Gasteiger partial charge in [0, 0.05) is 29.7 Å². The van der Waals surface area contributed by atoms with E-state index >= 15 is 0 Å². The van der Waals surface area contributed by atoms with E-state index in [-0.39, 0.29) is 6.04 Å². The molecule has 0 aliphatic carbocycles. The SMILES string of the molecule is CCN(C1CC2CCC(C1)N2)C(C)c1cccc(F)c1F. The molecule has 3 unspecified atom stereocenters. The average molecular weight is 294 g/mol. The summed E-state index contributed by atoms with van der Waals surface area (Å²) in [7, 11) is 0. The molecule has 2 heterocycles. The van der Waals surface area contributed by atoms with Gasteiger partial charge in [-0.05, 0) is 45.2 Å². The molecule has 0 amide bonds. The molecule has 3 rings (SSSR count). The van der Waals surface area contributed by atoms with Gasteiger partial charge in [0.15, 0.2) is 11.6 Å². The van der Waals surface area contributed by atoms with Crippen molar-refractivity contribution in [1.82, 2.24) is 10.2 Å². The monoisotopic (exact) mass is 294 g/mol. The first-order valence-electron chi connectivity index (χ1n) is 8.05. The minimum absolute atomic E-state index is 0.0896. The van der Waals surface area contributed by atoms with Crippen LogP contribution in [0.15, 0.2) is 18.2 Å². The molecule has 4 heteroatoms. The number of hydrogen-bond acceptors (Lipinski definition) is 2. The molecular weight excluding hydrogens is 270 g/mol. The summed E-state index contributed by atoms with van der Waals surface area (Å²) in [5, 5.41) is 3.64. The molecule has 1 N–H and O–H groups in total. The topological polar surface area (TPSA) is 15.3 Å². The van der Waals surface area contributed by atoms with Crippen molar-refractivity contribution in [3.05, 3.63) is 35.4 Å². The van der Waals surface area contributed by atoms with Crippen LogP contribution in [0, 0.1) is 11.6 Å². The predicted octanol–water partition coefficient (Wildman–Crippen LogP) is 3.63. The normalized spacial score (nSPS) is 29.9. The van der Waals surface area contributed by atoms with Crippen LogP contribution in [0.25, 0.3) is 0 Å². The van der Waals surface area contributed by atoms with E-state index in [2.05, 4.69) is 17.1 Å². The lowest BCUT2D eigenvalue weighted by Gasteiger charge is -2.40. The second-order valence-corrected chi connectivity index (χ2v) is 6.41. The summed E-state index contributed by atoms with van der Waals surface area (Å²) in [6.07, 6.45) is 4.74. The van der Waals surface area contributed by atoms with Crippen LogP contribution >= 0.6 is 0 Å². The third-order valence-corrected chi connectivity index (χ3v) is 5.21. The van der Waals surface area contributed by atoms with Gasteiger partial charge in [-0.25, -0.2) is 8.78 Å². The fourth-order valence-electron chi connectivity index (χ4n) is 4.17. The minimum Gasteiger partial charge on any atom is -0.311 e. The van der Waals surface area contributed by atoms with Crippen LogP contribution in [-0.4, -0.2) is 29.6 Å². The van der Waals surface area contributed by atoms with Gasteiger partial charge < -0.3 is 5.32 Å². The van der Waals surface area contributed by atoms with Crippen LogP contribution in [0.2, 0.25) is 0 Å². The summed E-state index contributed by atoms with van der Waals surface area (Å²) >= 11 is 0. The molecule has 2 aliphatic rings. The van der Waals surface area contributed by atoms with Gasteiger partial charge in [0.05, 0.1) is 0 Å². The summed E-state index contributed by atoms with van der Waals surface area (Å²) in [5.74, 6) is -1.44. The van der Waals surface area contributed by atoms with Gasteiger partial charge >= 0.3 is 0 Å². The van der Waals surface area contributed by atoms with E-state index in [0.29, 0.717) is 23.7 Å². The van der Waals surface area contributed by atoms with E-state index in [1.807, 2.05) is 6.92 Å². The molecule has 2 nitrogen and oxygen atoms in total. The Morgan fingerprint density at radius 3 is 2.52 bits per heavy atom. The molecule has 2 saturated heterocycles. The Balaban J connectivity index is 1.80. The number of halogens is 2. The quantitative estimate of drug-likeness (QED) is 0.912. The number of nitrogens with zero attached hydrogens (tertiary/aromatic N) is 1. The standard InChI is InChI=1S/C17H24F2N2/c1-3-21(14-9-12-7-8-13(10-14)20-12)11(2)15-5-4-6-16(18)17(15)19/h4-6,11-14,20H,3,7-10H2,1-2H3. The van der Waals surface area contributed by atoms with E-state index in [0.717, 1.165) is 19.4 Å². The fraction of sp³-hybridized carbons (Fsp3) is 0.647. The van der Waals surface area contributed by atoms with Crippen LogP contribution in [0.5, 0.6) is 0 Å². The molecule has 0 saturated carbocycles. The second kappa shape index (κ2) is 6.01. The average Bonchev–Trinajstić information content (AvgIpc) is 2.81. The summed E-state index contributed by atoms with van der Waals surface area (Å²) in [5.41, 5.74) is 0.475. The van der Waals surface area contributed by atoms with Crippen LogP contribution in [0.1, 0.15) is 51.1 Å². The lowest BCUT2D eigenvalue weighted by Crippen LogP contribution is -2.49. The van der Waals surface area contributed by atoms with Crippen molar-refractivity contribution in [1.29, 1.82) is 0 Å². The Hall–Kier alpha value is -1.00. The second-order valence-electron chi connectivity index (χ2n) is 6.41. The lowest BCUT2D eigenvalue weighted by atomic mass is 9.95. The number of benzene rings is 1. The highest BCUT2D eigenvalue weighted by Gasteiger charge is 2.37. The molecule has 116 valence electrons. The van der Waals surface area contributed by atoms with Gasteiger partial charge in [-0.15, -0.1) is 0 Å². The molecule has 0 aromatic heterocycles. The zero-order valence-electron chi connectivity index (χ0n) is 12.8. The first kappa shape index (κ1) is 14.9. The maximum Gasteiger partial charge on any atom is 0.163 e. The molecule has 0 radical (unpaired) electrons. The van der Waals surface area contributed by atoms with Gasteiger partial charge in [-0.3, -0.25) is 4.90 Å². The smallest absolute Gasteiger partial charge is 0.163 e. The molecular formula is C17H24F2N2. The number of fused-ring (bicyclic) bond motifs is 2. The Kier molecular flexibility index (Phi) is 4.27. The molecule has 21 heavy (non-hydrogen) atoms. The first-order chi connectivity index (χ1) is 10.1. The highest BCUT2D eigenvalue weighted by atomic mass is 19.2. The van der Waals surface area contributed by atoms with Crippen LogP contribution in [-0.2, 0) is 0 Å². The maximum atomic E-state index is 14.1. The summed E-state index contributed by atoms with van der Waals surface area (Å²) in [6, 6.07) is 6.08. The number of rotatable bonds is 4. The van der Waals surface area contributed by atoms with Gasteiger partial charge in [0.25, 0.3) is 0 Å². The van der Waals surface area contributed by atoms with Crippen LogP contribution in [0.3, 0.4) is 0 Å². The van der Waals surface area contributed by atoms with Crippen molar-refractivity contribution in [3.8, 4) is 0 Å². The van der Waals surface area contributed by atoms with E-state index < -0.39 is 11.6 Å². The Morgan fingerprint density at radius 2 is 1.90 bits per heavy atom. The van der Waals surface area contributed by atoms with E-state index in [9.17, 15) is 8.78 Å². The molecule has 2 aliphatic heterocycles. The van der Waals surface area contributed by atoms with Crippen molar-refractivity contribution in [2.75, 3.05) is 6.54 Å². The molecule has 1 aromatic rings. The largest absolute Gasteiger partial charge is 0.311 e. The predicted molar refractivity (Wildman–Crippen MR) is 80.1 cm³/mol. The van der Waals surface area contributed by atoms with Gasteiger partial charge in [0.2, 0.25) is 0 Å². The Bertz CT molecular complexity index is 494. The van der Waals surface area contributed by atoms with E-state index in [4.69, 9.17) is 0 Å². The molecule has 0 spiro atoms. The summed E-state index contributed by atoms with van der Waals surface area (Å²) in [4.78, 5) is 2.34. The van der Waals surface area contributed by atoms with Crippen molar-refractivity contribution >= 4 is 0 Å². The Labute approximate surface area is 125 Å². The molecule has 2 fully saturated rings. The summed E-state index contributed by atoms with van der Waals surface area (Å²) < 4.78 is 27.5.